The van der Waals surface area contributed by atoms with Crippen molar-refractivity contribution >= 4 is 5.95 Å². The molecule has 0 unspecified atom stereocenters. The number of aromatic nitrogens is 2. The smallest absolute Gasteiger partial charge is 0.406 e. The Hall–Kier alpha value is -2.31. The van der Waals surface area contributed by atoms with Gasteiger partial charge in [-0.15, -0.1) is 13.2 Å². The molecule has 20 heavy (non-hydrogen) atoms. The summed E-state index contributed by atoms with van der Waals surface area (Å²) in [6.07, 6.45) is -1.48. The van der Waals surface area contributed by atoms with Gasteiger partial charge >= 0.3 is 6.36 Å². The summed E-state index contributed by atoms with van der Waals surface area (Å²) < 4.78 is 39.9. The number of hydrogen-bond acceptors (Lipinski definition) is 4. The van der Waals surface area contributed by atoms with E-state index in [1.807, 2.05) is 6.92 Å². The predicted octanol–water partition coefficient (Wildman–Crippen LogP) is 3.55. The SMILES string of the molecule is C[C@H](Nc1ncccn1)c1ccc(OC(F)(F)F)cc1. The average molecular weight is 283 g/mol. The Morgan fingerprint density at radius 2 is 1.70 bits per heavy atom. The van der Waals surface area contributed by atoms with Gasteiger partial charge in [0.25, 0.3) is 0 Å². The summed E-state index contributed by atoms with van der Waals surface area (Å²) in [5.41, 5.74) is 0.798. The first-order valence-corrected chi connectivity index (χ1v) is 5.83. The van der Waals surface area contributed by atoms with Gasteiger partial charge in [0.1, 0.15) is 5.75 Å². The Labute approximate surface area is 113 Å². The van der Waals surface area contributed by atoms with Crippen LogP contribution < -0.4 is 10.1 Å². The second-order valence-electron chi connectivity index (χ2n) is 4.06. The largest absolute Gasteiger partial charge is 0.573 e. The monoisotopic (exact) mass is 283 g/mol. The molecule has 2 aromatic rings. The number of rotatable bonds is 4. The minimum atomic E-state index is -4.68. The lowest BCUT2D eigenvalue weighted by Gasteiger charge is -2.15. The molecule has 0 aliphatic carbocycles. The van der Waals surface area contributed by atoms with Crippen LogP contribution in [0.3, 0.4) is 0 Å². The van der Waals surface area contributed by atoms with Crippen molar-refractivity contribution < 1.29 is 17.9 Å². The molecule has 0 aliphatic heterocycles. The third-order valence-corrected chi connectivity index (χ3v) is 2.53. The van der Waals surface area contributed by atoms with Crippen LogP contribution >= 0.6 is 0 Å². The van der Waals surface area contributed by atoms with Gasteiger partial charge in [0.15, 0.2) is 0 Å². The number of benzene rings is 1. The van der Waals surface area contributed by atoms with Crippen molar-refractivity contribution in [2.45, 2.75) is 19.3 Å². The molecule has 0 aliphatic rings. The summed E-state index contributed by atoms with van der Waals surface area (Å²) in [5, 5.41) is 3.04. The first-order valence-electron chi connectivity index (χ1n) is 5.83. The minimum Gasteiger partial charge on any atom is -0.406 e. The van der Waals surface area contributed by atoms with E-state index < -0.39 is 6.36 Å². The van der Waals surface area contributed by atoms with E-state index in [2.05, 4.69) is 20.0 Å². The second kappa shape index (κ2) is 5.77. The topological polar surface area (TPSA) is 47.0 Å². The van der Waals surface area contributed by atoms with Crippen molar-refractivity contribution in [1.82, 2.24) is 9.97 Å². The summed E-state index contributed by atoms with van der Waals surface area (Å²) >= 11 is 0. The Bertz CT molecular complexity index is 543. The molecule has 0 bridgehead atoms. The lowest BCUT2D eigenvalue weighted by Crippen LogP contribution is -2.17. The molecule has 0 spiro atoms. The van der Waals surface area contributed by atoms with Crippen LogP contribution in [0.4, 0.5) is 19.1 Å². The van der Waals surface area contributed by atoms with Crippen LogP contribution in [0.5, 0.6) is 5.75 Å². The molecule has 0 saturated heterocycles. The van der Waals surface area contributed by atoms with E-state index in [-0.39, 0.29) is 11.8 Å². The van der Waals surface area contributed by atoms with Crippen LogP contribution in [0.2, 0.25) is 0 Å². The van der Waals surface area contributed by atoms with Gasteiger partial charge in [-0.2, -0.15) is 0 Å². The maximum absolute atomic E-state index is 12.0. The van der Waals surface area contributed by atoms with Gasteiger partial charge in [-0.05, 0) is 30.7 Å². The standard InChI is InChI=1S/C13H12F3N3O/c1-9(19-12-17-7-2-8-18-12)10-3-5-11(6-4-10)20-13(14,15)16/h2-9H,1H3,(H,17,18,19)/t9-/m0/s1. The highest BCUT2D eigenvalue weighted by molar-refractivity contribution is 5.34. The summed E-state index contributed by atoms with van der Waals surface area (Å²) in [5.74, 6) is 0.208. The zero-order valence-corrected chi connectivity index (χ0v) is 10.6. The zero-order valence-electron chi connectivity index (χ0n) is 10.6. The summed E-state index contributed by atoms with van der Waals surface area (Å²) in [6.45, 7) is 1.86. The van der Waals surface area contributed by atoms with Gasteiger partial charge in [0.2, 0.25) is 5.95 Å². The Morgan fingerprint density at radius 1 is 1.10 bits per heavy atom. The highest BCUT2D eigenvalue weighted by Crippen LogP contribution is 2.25. The Kier molecular flexibility index (Phi) is 4.07. The van der Waals surface area contributed by atoms with Crippen LogP contribution in [-0.4, -0.2) is 16.3 Å². The van der Waals surface area contributed by atoms with Gasteiger partial charge in [0, 0.05) is 12.4 Å². The molecule has 0 radical (unpaired) electrons. The van der Waals surface area contributed by atoms with Gasteiger partial charge < -0.3 is 10.1 Å². The fourth-order valence-electron chi connectivity index (χ4n) is 1.61. The van der Waals surface area contributed by atoms with Gasteiger partial charge in [-0.3, -0.25) is 0 Å². The number of nitrogens with one attached hydrogen (secondary N) is 1. The van der Waals surface area contributed by atoms with Gasteiger partial charge in [-0.25, -0.2) is 9.97 Å². The number of alkyl halides is 3. The molecule has 1 heterocycles. The molecule has 106 valence electrons. The van der Waals surface area contributed by atoms with E-state index in [0.29, 0.717) is 5.95 Å². The number of halogens is 3. The van der Waals surface area contributed by atoms with E-state index >= 15 is 0 Å². The average Bonchev–Trinajstić information content (AvgIpc) is 2.39. The molecule has 0 amide bonds. The maximum atomic E-state index is 12.0. The second-order valence-corrected chi connectivity index (χ2v) is 4.06. The molecule has 1 atom stereocenters. The number of ether oxygens (including phenoxy) is 1. The van der Waals surface area contributed by atoms with Crippen LogP contribution in [0, 0.1) is 0 Å². The molecule has 4 nitrogen and oxygen atoms in total. The molecule has 1 aromatic carbocycles. The van der Waals surface area contributed by atoms with E-state index in [0.717, 1.165) is 5.56 Å². The highest BCUT2D eigenvalue weighted by Gasteiger charge is 2.30. The van der Waals surface area contributed by atoms with Crippen molar-refractivity contribution in [3.63, 3.8) is 0 Å². The summed E-state index contributed by atoms with van der Waals surface area (Å²) in [4.78, 5) is 8.03. The molecular weight excluding hydrogens is 271 g/mol. The molecule has 1 aromatic heterocycles. The van der Waals surface area contributed by atoms with Crippen LogP contribution in [0.1, 0.15) is 18.5 Å². The molecule has 0 fully saturated rings. The minimum absolute atomic E-state index is 0.141. The highest BCUT2D eigenvalue weighted by atomic mass is 19.4. The number of nitrogens with zero attached hydrogens (tertiary/aromatic N) is 2. The fourth-order valence-corrected chi connectivity index (χ4v) is 1.61. The molecule has 2 rings (SSSR count). The first-order chi connectivity index (χ1) is 9.44. The van der Waals surface area contributed by atoms with Crippen molar-refractivity contribution in [3.8, 4) is 5.75 Å². The quantitative estimate of drug-likeness (QED) is 0.932. The van der Waals surface area contributed by atoms with Gasteiger partial charge in [0.05, 0.1) is 6.04 Å². The van der Waals surface area contributed by atoms with E-state index in [1.165, 1.54) is 12.1 Å². The third-order valence-electron chi connectivity index (χ3n) is 2.53. The molecular formula is C13H12F3N3O. The first kappa shape index (κ1) is 14.1. The summed E-state index contributed by atoms with van der Waals surface area (Å²) in [7, 11) is 0. The fraction of sp³-hybridized carbons (Fsp3) is 0.231. The van der Waals surface area contributed by atoms with E-state index in [1.54, 1.807) is 30.6 Å². The maximum Gasteiger partial charge on any atom is 0.573 e. The van der Waals surface area contributed by atoms with Gasteiger partial charge in [-0.1, -0.05) is 12.1 Å². The Balaban J connectivity index is 2.02. The Morgan fingerprint density at radius 3 is 2.25 bits per heavy atom. The molecule has 1 N–H and O–H groups in total. The van der Waals surface area contributed by atoms with Crippen molar-refractivity contribution in [3.05, 3.63) is 48.3 Å². The lowest BCUT2D eigenvalue weighted by atomic mass is 10.1. The summed E-state index contributed by atoms with van der Waals surface area (Å²) in [6, 6.07) is 7.21. The van der Waals surface area contributed by atoms with E-state index in [4.69, 9.17) is 0 Å². The van der Waals surface area contributed by atoms with E-state index in [9.17, 15) is 13.2 Å². The third kappa shape index (κ3) is 4.11. The number of anilines is 1. The van der Waals surface area contributed by atoms with Crippen molar-refractivity contribution in [1.29, 1.82) is 0 Å². The normalized spacial score (nSPS) is 12.8. The van der Waals surface area contributed by atoms with Crippen LogP contribution in [0.25, 0.3) is 0 Å². The lowest BCUT2D eigenvalue weighted by molar-refractivity contribution is -0.274. The predicted molar refractivity (Wildman–Crippen MR) is 67.2 cm³/mol. The zero-order chi connectivity index (χ0) is 14.6. The molecule has 7 heteroatoms. The molecule has 0 saturated carbocycles. The van der Waals surface area contributed by atoms with Crippen molar-refractivity contribution in [2.75, 3.05) is 5.32 Å². The van der Waals surface area contributed by atoms with Crippen LogP contribution in [-0.2, 0) is 0 Å². The van der Waals surface area contributed by atoms with Crippen molar-refractivity contribution in [2.24, 2.45) is 0 Å². The van der Waals surface area contributed by atoms with Crippen LogP contribution in [0.15, 0.2) is 42.7 Å². The number of hydrogen-bond donors (Lipinski definition) is 1.